The predicted molar refractivity (Wildman–Crippen MR) is 72.7 cm³/mol. The van der Waals surface area contributed by atoms with Gasteiger partial charge in [0.2, 0.25) is 6.79 Å². The van der Waals surface area contributed by atoms with Gasteiger partial charge in [0, 0.05) is 24.2 Å². The van der Waals surface area contributed by atoms with E-state index in [-0.39, 0.29) is 30.1 Å². The van der Waals surface area contributed by atoms with Gasteiger partial charge in [-0.25, -0.2) is 8.42 Å². The van der Waals surface area contributed by atoms with Crippen LogP contribution in [-0.4, -0.2) is 37.9 Å². The summed E-state index contributed by atoms with van der Waals surface area (Å²) in [5, 5.41) is 13.2. The fraction of sp³-hybridized carbons (Fsp3) is 0.538. The molecule has 110 valence electrons. The number of ether oxygens (including phenoxy) is 2. The monoisotopic (exact) mass is 299 g/mol. The van der Waals surface area contributed by atoms with Crippen molar-refractivity contribution in [1.29, 1.82) is 0 Å². The maximum absolute atomic E-state index is 11.4. The zero-order valence-electron chi connectivity index (χ0n) is 11.0. The number of hydrogen-bond acceptors (Lipinski definition) is 6. The Kier molecular flexibility index (Phi) is 3.47. The van der Waals surface area contributed by atoms with Crippen molar-refractivity contribution in [2.75, 3.05) is 18.3 Å². The van der Waals surface area contributed by atoms with Crippen LogP contribution >= 0.6 is 0 Å². The van der Waals surface area contributed by atoms with E-state index in [4.69, 9.17) is 9.47 Å². The van der Waals surface area contributed by atoms with Crippen LogP contribution in [0.1, 0.15) is 18.4 Å². The Bertz CT molecular complexity index is 599. The van der Waals surface area contributed by atoms with Crippen molar-refractivity contribution in [1.82, 2.24) is 5.32 Å². The SMILES string of the molecule is O=S1(=O)CCC(NCc2cc3c(cc2O)OCO3)CC1. The zero-order chi connectivity index (χ0) is 14.2. The third kappa shape index (κ3) is 2.83. The van der Waals surface area contributed by atoms with Gasteiger partial charge in [0.15, 0.2) is 11.5 Å². The summed E-state index contributed by atoms with van der Waals surface area (Å²) in [4.78, 5) is 0. The fourth-order valence-corrected chi connectivity index (χ4v) is 3.95. The molecule has 0 atom stereocenters. The van der Waals surface area contributed by atoms with Gasteiger partial charge in [0.25, 0.3) is 0 Å². The van der Waals surface area contributed by atoms with Gasteiger partial charge < -0.3 is 19.9 Å². The van der Waals surface area contributed by atoms with Gasteiger partial charge in [0.05, 0.1) is 11.5 Å². The lowest BCUT2D eigenvalue weighted by atomic mass is 10.1. The molecule has 2 aliphatic heterocycles. The van der Waals surface area contributed by atoms with E-state index in [2.05, 4.69) is 5.32 Å². The van der Waals surface area contributed by atoms with Crippen LogP contribution in [0.4, 0.5) is 0 Å². The van der Waals surface area contributed by atoms with Crippen LogP contribution in [0.3, 0.4) is 0 Å². The summed E-state index contributed by atoms with van der Waals surface area (Å²) in [6.07, 6.45) is 1.24. The minimum atomic E-state index is -2.84. The normalized spacial score (nSPS) is 21.0. The quantitative estimate of drug-likeness (QED) is 0.858. The van der Waals surface area contributed by atoms with Gasteiger partial charge >= 0.3 is 0 Å². The van der Waals surface area contributed by atoms with E-state index in [0.29, 0.717) is 30.9 Å². The molecule has 0 amide bonds. The topological polar surface area (TPSA) is 84.9 Å². The summed E-state index contributed by atoms with van der Waals surface area (Å²) in [6, 6.07) is 3.47. The van der Waals surface area contributed by atoms with Crippen LogP contribution in [0.5, 0.6) is 17.2 Å². The van der Waals surface area contributed by atoms with E-state index >= 15 is 0 Å². The summed E-state index contributed by atoms with van der Waals surface area (Å²) in [7, 11) is -2.84. The first-order chi connectivity index (χ1) is 9.53. The number of aromatic hydroxyl groups is 1. The van der Waals surface area contributed by atoms with Crippen LogP contribution in [0.2, 0.25) is 0 Å². The summed E-state index contributed by atoms with van der Waals surface area (Å²) >= 11 is 0. The Morgan fingerprint density at radius 2 is 1.85 bits per heavy atom. The molecule has 1 fully saturated rings. The number of sulfone groups is 1. The minimum absolute atomic E-state index is 0.158. The summed E-state index contributed by atoms with van der Waals surface area (Å²) in [6.45, 7) is 0.652. The molecule has 1 aromatic carbocycles. The highest BCUT2D eigenvalue weighted by molar-refractivity contribution is 7.91. The second-order valence-corrected chi connectivity index (χ2v) is 7.44. The lowest BCUT2D eigenvalue weighted by Gasteiger charge is -2.23. The highest BCUT2D eigenvalue weighted by atomic mass is 32.2. The summed E-state index contributed by atoms with van der Waals surface area (Å²) < 4.78 is 33.2. The summed E-state index contributed by atoms with van der Waals surface area (Å²) in [5.41, 5.74) is 0.725. The molecule has 0 saturated carbocycles. The van der Waals surface area contributed by atoms with E-state index in [1.54, 1.807) is 12.1 Å². The van der Waals surface area contributed by atoms with Crippen LogP contribution in [0, 0.1) is 0 Å². The lowest BCUT2D eigenvalue weighted by molar-refractivity contribution is 0.174. The van der Waals surface area contributed by atoms with Gasteiger partial charge in [-0.3, -0.25) is 0 Å². The Hall–Kier alpha value is -1.47. The van der Waals surface area contributed by atoms with Crippen LogP contribution in [0.25, 0.3) is 0 Å². The average molecular weight is 299 g/mol. The first-order valence-electron chi connectivity index (χ1n) is 6.59. The smallest absolute Gasteiger partial charge is 0.231 e. The van der Waals surface area contributed by atoms with E-state index in [1.807, 2.05) is 0 Å². The van der Waals surface area contributed by atoms with Gasteiger partial charge in [-0.2, -0.15) is 0 Å². The van der Waals surface area contributed by atoms with E-state index in [0.717, 1.165) is 5.56 Å². The molecule has 2 N–H and O–H groups in total. The molecule has 0 aliphatic carbocycles. The first-order valence-corrected chi connectivity index (χ1v) is 8.41. The molecule has 0 aromatic heterocycles. The Balaban J connectivity index is 1.62. The summed E-state index contributed by atoms with van der Waals surface area (Å²) in [5.74, 6) is 1.81. The van der Waals surface area contributed by atoms with Crippen molar-refractivity contribution >= 4 is 9.84 Å². The first kappa shape index (κ1) is 13.5. The van der Waals surface area contributed by atoms with Gasteiger partial charge in [-0.15, -0.1) is 0 Å². The second-order valence-electron chi connectivity index (χ2n) is 5.14. The van der Waals surface area contributed by atoms with Crippen LogP contribution in [-0.2, 0) is 16.4 Å². The number of phenolic OH excluding ortho intramolecular Hbond substituents is 1. The lowest BCUT2D eigenvalue weighted by Crippen LogP contribution is -2.37. The molecular weight excluding hydrogens is 282 g/mol. The molecule has 7 heteroatoms. The highest BCUT2D eigenvalue weighted by Crippen LogP contribution is 2.37. The molecule has 0 radical (unpaired) electrons. The molecule has 0 unspecified atom stereocenters. The fourth-order valence-electron chi connectivity index (χ4n) is 2.46. The number of benzene rings is 1. The van der Waals surface area contributed by atoms with E-state index < -0.39 is 9.84 Å². The highest BCUT2D eigenvalue weighted by Gasteiger charge is 2.24. The Morgan fingerprint density at radius 3 is 2.55 bits per heavy atom. The Labute approximate surface area is 117 Å². The number of fused-ring (bicyclic) bond motifs is 1. The molecule has 2 heterocycles. The van der Waals surface area contributed by atoms with Gasteiger partial charge in [0.1, 0.15) is 15.6 Å². The molecule has 1 aromatic rings. The number of phenols is 1. The third-order valence-electron chi connectivity index (χ3n) is 3.71. The third-order valence-corrected chi connectivity index (χ3v) is 5.43. The van der Waals surface area contributed by atoms with E-state index in [9.17, 15) is 13.5 Å². The largest absolute Gasteiger partial charge is 0.507 e. The zero-order valence-corrected chi connectivity index (χ0v) is 11.8. The molecule has 20 heavy (non-hydrogen) atoms. The molecule has 0 spiro atoms. The predicted octanol–water partition coefficient (Wildman–Crippen LogP) is 0.788. The number of rotatable bonds is 3. The van der Waals surface area contributed by atoms with Crippen LogP contribution < -0.4 is 14.8 Å². The number of nitrogens with one attached hydrogen (secondary N) is 1. The number of hydrogen-bond donors (Lipinski definition) is 2. The Morgan fingerprint density at radius 1 is 1.20 bits per heavy atom. The molecular formula is C13H17NO5S. The molecule has 3 rings (SSSR count). The van der Waals surface area contributed by atoms with Crippen molar-refractivity contribution in [3.63, 3.8) is 0 Å². The average Bonchev–Trinajstić information content (AvgIpc) is 2.84. The van der Waals surface area contributed by atoms with E-state index in [1.165, 1.54) is 0 Å². The molecule has 1 saturated heterocycles. The minimum Gasteiger partial charge on any atom is -0.507 e. The van der Waals surface area contributed by atoms with Gasteiger partial charge in [-0.1, -0.05) is 0 Å². The van der Waals surface area contributed by atoms with Crippen molar-refractivity contribution < 1.29 is 23.0 Å². The van der Waals surface area contributed by atoms with Crippen molar-refractivity contribution in [3.8, 4) is 17.2 Å². The maximum atomic E-state index is 11.4. The van der Waals surface area contributed by atoms with Crippen molar-refractivity contribution in [2.45, 2.75) is 25.4 Å². The standard InChI is InChI=1S/C13H17NO5S/c15-11-6-13-12(18-8-19-13)5-9(11)7-14-10-1-3-20(16,17)4-2-10/h5-6,10,14-15H,1-4,7-8H2. The molecule has 0 bridgehead atoms. The molecule has 6 nitrogen and oxygen atoms in total. The molecule has 2 aliphatic rings. The van der Waals surface area contributed by atoms with Crippen molar-refractivity contribution in [3.05, 3.63) is 17.7 Å². The second kappa shape index (κ2) is 5.14. The van der Waals surface area contributed by atoms with Gasteiger partial charge in [-0.05, 0) is 18.9 Å². The van der Waals surface area contributed by atoms with Crippen molar-refractivity contribution in [2.24, 2.45) is 0 Å². The van der Waals surface area contributed by atoms with Crippen LogP contribution in [0.15, 0.2) is 12.1 Å². The maximum Gasteiger partial charge on any atom is 0.231 e.